The van der Waals surface area contributed by atoms with Crippen molar-refractivity contribution >= 4 is 23.2 Å². The number of benzene rings is 1. The van der Waals surface area contributed by atoms with E-state index in [0.29, 0.717) is 5.02 Å². The van der Waals surface area contributed by atoms with Crippen molar-refractivity contribution in [2.45, 2.75) is 38.8 Å². The molecule has 1 aliphatic heterocycles. The lowest BCUT2D eigenvalue weighted by Gasteiger charge is -2.19. The fraction of sp³-hybridized carbons (Fsp3) is 0.533. The lowest BCUT2D eigenvalue weighted by molar-refractivity contribution is -0.115. The summed E-state index contributed by atoms with van der Waals surface area (Å²) in [6.07, 6.45) is 2.38. The van der Waals surface area contributed by atoms with Gasteiger partial charge in [-0.3, -0.25) is 4.79 Å². The molecular formula is C15H21ClN2O2. The van der Waals surface area contributed by atoms with Gasteiger partial charge in [0.25, 0.3) is 0 Å². The average molecular weight is 297 g/mol. The number of anilines is 1. The van der Waals surface area contributed by atoms with Gasteiger partial charge in [-0.1, -0.05) is 17.7 Å². The van der Waals surface area contributed by atoms with Crippen LogP contribution in [0.2, 0.25) is 5.02 Å². The Morgan fingerprint density at radius 2 is 2.35 bits per heavy atom. The van der Waals surface area contributed by atoms with Gasteiger partial charge in [0.15, 0.2) is 0 Å². The van der Waals surface area contributed by atoms with Crippen LogP contribution in [0.15, 0.2) is 18.2 Å². The van der Waals surface area contributed by atoms with Crippen molar-refractivity contribution in [1.82, 2.24) is 5.32 Å². The standard InChI is InChI=1S/C15H21ClN2O2/c1-10-5-6-12(16)8-13(10)18-15(19)9-17-11(2)14-4-3-7-20-14/h5-6,8,11,14,17H,3-4,7,9H2,1-2H3,(H,18,19). The third kappa shape index (κ3) is 4.20. The minimum Gasteiger partial charge on any atom is -0.377 e. The molecule has 0 aromatic heterocycles. The van der Waals surface area contributed by atoms with Crippen LogP contribution in [-0.2, 0) is 9.53 Å². The molecule has 1 aliphatic rings. The number of aryl methyl sites for hydroxylation is 1. The highest BCUT2D eigenvalue weighted by atomic mass is 35.5. The average Bonchev–Trinajstić information content (AvgIpc) is 2.94. The highest BCUT2D eigenvalue weighted by Crippen LogP contribution is 2.20. The Balaban J connectivity index is 1.81. The lowest BCUT2D eigenvalue weighted by atomic mass is 10.1. The number of hydrogen-bond acceptors (Lipinski definition) is 3. The molecule has 0 bridgehead atoms. The van der Waals surface area contributed by atoms with Crippen LogP contribution in [0.4, 0.5) is 5.69 Å². The molecule has 1 saturated heterocycles. The molecule has 110 valence electrons. The molecule has 2 N–H and O–H groups in total. The van der Waals surface area contributed by atoms with Crippen LogP contribution in [0.5, 0.6) is 0 Å². The highest BCUT2D eigenvalue weighted by Gasteiger charge is 2.22. The molecular weight excluding hydrogens is 276 g/mol. The van der Waals surface area contributed by atoms with Crippen LogP contribution in [0, 0.1) is 6.92 Å². The van der Waals surface area contributed by atoms with E-state index in [-0.39, 0.29) is 24.6 Å². The normalized spacial score (nSPS) is 19.9. The summed E-state index contributed by atoms with van der Waals surface area (Å²) in [6.45, 7) is 5.08. The maximum atomic E-state index is 11.9. The zero-order chi connectivity index (χ0) is 14.5. The van der Waals surface area contributed by atoms with Crippen LogP contribution in [0.3, 0.4) is 0 Å². The molecule has 5 heteroatoms. The van der Waals surface area contributed by atoms with Gasteiger partial charge in [-0.25, -0.2) is 0 Å². The van der Waals surface area contributed by atoms with Gasteiger partial charge < -0.3 is 15.4 Å². The van der Waals surface area contributed by atoms with Gasteiger partial charge in [0.2, 0.25) is 5.91 Å². The van der Waals surface area contributed by atoms with Crippen molar-refractivity contribution in [3.63, 3.8) is 0 Å². The van der Waals surface area contributed by atoms with Crippen LogP contribution >= 0.6 is 11.6 Å². The van der Waals surface area contributed by atoms with Crippen molar-refractivity contribution in [3.05, 3.63) is 28.8 Å². The predicted octanol–water partition coefficient (Wildman–Crippen LogP) is 2.74. The van der Waals surface area contributed by atoms with E-state index in [4.69, 9.17) is 16.3 Å². The van der Waals surface area contributed by atoms with Gasteiger partial charge in [0, 0.05) is 23.4 Å². The number of nitrogens with one attached hydrogen (secondary N) is 2. The van der Waals surface area contributed by atoms with E-state index in [2.05, 4.69) is 10.6 Å². The van der Waals surface area contributed by atoms with Crippen LogP contribution in [0.25, 0.3) is 0 Å². The summed E-state index contributed by atoms with van der Waals surface area (Å²) in [4.78, 5) is 11.9. The summed E-state index contributed by atoms with van der Waals surface area (Å²) in [7, 11) is 0. The number of amides is 1. The Labute approximate surface area is 124 Å². The second-order valence-corrected chi connectivity index (χ2v) is 5.66. The molecule has 4 nitrogen and oxygen atoms in total. The van der Waals surface area contributed by atoms with Gasteiger partial charge in [-0.05, 0) is 44.4 Å². The van der Waals surface area contributed by atoms with Gasteiger partial charge in [-0.15, -0.1) is 0 Å². The molecule has 2 rings (SSSR count). The minimum atomic E-state index is -0.0692. The monoisotopic (exact) mass is 296 g/mol. The first kappa shape index (κ1) is 15.3. The number of ether oxygens (including phenoxy) is 1. The molecule has 1 amide bonds. The number of halogens is 1. The van der Waals surface area contributed by atoms with Gasteiger partial charge in [0.05, 0.1) is 12.6 Å². The first-order valence-electron chi connectivity index (χ1n) is 6.97. The largest absolute Gasteiger partial charge is 0.377 e. The number of hydrogen-bond donors (Lipinski definition) is 2. The van der Waals surface area contributed by atoms with E-state index < -0.39 is 0 Å². The molecule has 0 saturated carbocycles. The first-order chi connectivity index (χ1) is 9.56. The van der Waals surface area contributed by atoms with E-state index in [1.54, 1.807) is 6.07 Å². The highest BCUT2D eigenvalue weighted by molar-refractivity contribution is 6.31. The molecule has 0 spiro atoms. The Morgan fingerprint density at radius 3 is 3.05 bits per heavy atom. The summed E-state index contributed by atoms with van der Waals surface area (Å²) in [6, 6.07) is 5.65. The summed E-state index contributed by atoms with van der Waals surface area (Å²) < 4.78 is 5.59. The maximum absolute atomic E-state index is 11.9. The van der Waals surface area contributed by atoms with Crippen LogP contribution in [0.1, 0.15) is 25.3 Å². The smallest absolute Gasteiger partial charge is 0.238 e. The zero-order valence-electron chi connectivity index (χ0n) is 11.9. The summed E-state index contributed by atoms with van der Waals surface area (Å²) in [5.41, 5.74) is 1.75. The Kier molecular flexibility index (Phi) is 5.40. The summed E-state index contributed by atoms with van der Waals surface area (Å²) >= 11 is 5.93. The predicted molar refractivity (Wildman–Crippen MR) is 81.3 cm³/mol. The fourth-order valence-electron chi connectivity index (χ4n) is 2.31. The van der Waals surface area contributed by atoms with Crippen LogP contribution < -0.4 is 10.6 Å². The molecule has 2 atom stereocenters. The third-order valence-electron chi connectivity index (χ3n) is 3.58. The van der Waals surface area contributed by atoms with Crippen molar-refractivity contribution in [1.29, 1.82) is 0 Å². The van der Waals surface area contributed by atoms with Gasteiger partial charge >= 0.3 is 0 Å². The third-order valence-corrected chi connectivity index (χ3v) is 3.82. The van der Waals surface area contributed by atoms with Gasteiger partial charge in [-0.2, -0.15) is 0 Å². The van der Waals surface area contributed by atoms with E-state index in [1.165, 1.54) is 0 Å². The van der Waals surface area contributed by atoms with E-state index >= 15 is 0 Å². The minimum absolute atomic E-state index is 0.0692. The van der Waals surface area contributed by atoms with Crippen molar-refractivity contribution < 1.29 is 9.53 Å². The molecule has 1 heterocycles. The van der Waals surface area contributed by atoms with Gasteiger partial charge in [0.1, 0.15) is 0 Å². The molecule has 1 fully saturated rings. The lowest BCUT2D eigenvalue weighted by Crippen LogP contribution is -2.41. The van der Waals surface area contributed by atoms with E-state index in [0.717, 1.165) is 30.7 Å². The molecule has 1 aromatic rings. The SMILES string of the molecule is Cc1ccc(Cl)cc1NC(=O)CNC(C)C1CCCO1. The molecule has 2 unspecified atom stereocenters. The number of rotatable bonds is 5. The molecule has 0 aliphatic carbocycles. The quantitative estimate of drug-likeness (QED) is 0.878. The van der Waals surface area contributed by atoms with Crippen molar-refractivity contribution in [2.24, 2.45) is 0 Å². The fourth-order valence-corrected chi connectivity index (χ4v) is 2.48. The first-order valence-corrected chi connectivity index (χ1v) is 7.35. The molecule has 1 aromatic carbocycles. The van der Waals surface area contributed by atoms with Crippen LogP contribution in [-0.4, -0.2) is 31.2 Å². The maximum Gasteiger partial charge on any atom is 0.238 e. The number of carbonyl (C=O) groups excluding carboxylic acids is 1. The second-order valence-electron chi connectivity index (χ2n) is 5.23. The van der Waals surface area contributed by atoms with Crippen molar-refractivity contribution in [3.8, 4) is 0 Å². The topological polar surface area (TPSA) is 50.4 Å². The van der Waals surface area contributed by atoms with E-state index in [1.807, 2.05) is 26.0 Å². The molecule has 20 heavy (non-hydrogen) atoms. The Hall–Kier alpha value is -1.10. The van der Waals surface area contributed by atoms with Crippen molar-refractivity contribution in [2.75, 3.05) is 18.5 Å². The zero-order valence-corrected chi connectivity index (χ0v) is 12.7. The van der Waals surface area contributed by atoms with E-state index in [9.17, 15) is 4.79 Å². The second kappa shape index (κ2) is 7.07. The number of carbonyl (C=O) groups is 1. The molecule has 0 radical (unpaired) electrons. The summed E-state index contributed by atoms with van der Waals surface area (Å²) in [5.74, 6) is -0.0692. The Bertz CT molecular complexity index is 473. The summed E-state index contributed by atoms with van der Waals surface area (Å²) in [5, 5.41) is 6.70. The Morgan fingerprint density at radius 1 is 1.55 bits per heavy atom.